The Labute approximate surface area is 163 Å². The minimum atomic E-state index is -0.304. The van der Waals surface area contributed by atoms with Gasteiger partial charge in [0.1, 0.15) is 0 Å². The highest BCUT2D eigenvalue weighted by Gasteiger charge is 2.43. The summed E-state index contributed by atoms with van der Waals surface area (Å²) in [5, 5.41) is 0. The monoisotopic (exact) mass is 417 g/mol. The fourth-order valence-corrected chi connectivity index (χ4v) is 5.08. The van der Waals surface area contributed by atoms with Crippen LogP contribution in [0.3, 0.4) is 0 Å². The summed E-state index contributed by atoms with van der Waals surface area (Å²) >= 11 is 5.40. The predicted molar refractivity (Wildman–Crippen MR) is 111 cm³/mol. The first-order chi connectivity index (χ1) is 12.1. The second kappa shape index (κ2) is 7.96. The van der Waals surface area contributed by atoms with Crippen LogP contribution in [0.25, 0.3) is 0 Å². The highest BCUT2D eigenvalue weighted by atomic mass is 79.9. The maximum Gasteiger partial charge on any atom is 0.238 e. The van der Waals surface area contributed by atoms with Crippen molar-refractivity contribution in [3.8, 4) is 0 Å². The van der Waals surface area contributed by atoms with E-state index in [4.69, 9.17) is 0 Å². The molecule has 132 valence electrons. The van der Waals surface area contributed by atoms with E-state index in [0.717, 1.165) is 47.3 Å². The lowest BCUT2D eigenvalue weighted by molar-refractivity contribution is -0.126. The first kappa shape index (κ1) is 18.5. The number of unbranched alkanes of at least 4 members (excludes halogenated alkanes) is 1. The molecule has 1 unspecified atom stereocenters. The van der Waals surface area contributed by atoms with E-state index >= 15 is 0 Å². The van der Waals surface area contributed by atoms with Crippen molar-refractivity contribution in [2.24, 2.45) is 5.41 Å². The molecule has 1 heterocycles. The molecule has 1 atom stereocenters. The largest absolute Gasteiger partial charge is 0.279 e. The summed E-state index contributed by atoms with van der Waals surface area (Å²) in [6.45, 7) is 4.35. The van der Waals surface area contributed by atoms with Crippen molar-refractivity contribution in [1.82, 2.24) is 0 Å². The van der Waals surface area contributed by atoms with E-state index in [9.17, 15) is 4.79 Å². The minimum absolute atomic E-state index is 0.235. The summed E-state index contributed by atoms with van der Waals surface area (Å²) < 4.78 is 0.998. The number of anilines is 2. The van der Waals surface area contributed by atoms with Crippen molar-refractivity contribution in [2.75, 3.05) is 10.7 Å². The van der Waals surface area contributed by atoms with Gasteiger partial charge >= 0.3 is 0 Å². The molecule has 0 saturated carbocycles. The Balaban J connectivity index is 2.15. The molecule has 2 aromatic carbocycles. The van der Waals surface area contributed by atoms with Gasteiger partial charge in [-0.25, -0.2) is 0 Å². The summed E-state index contributed by atoms with van der Waals surface area (Å²) in [4.78, 5) is 16.9. The van der Waals surface area contributed by atoms with Gasteiger partial charge in [-0.1, -0.05) is 60.8 Å². The topological polar surface area (TPSA) is 20.3 Å². The first-order valence-corrected chi connectivity index (χ1v) is 10.7. The lowest BCUT2D eigenvalue weighted by Gasteiger charge is -2.34. The van der Waals surface area contributed by atoms with Gasteiger partial charge in [0.25, 0.3) is 0 Å². The Morgan fingerprint density at radius 2 is 1.92 bits per heavy atom. The molecule has 2 aromatic rings. The number of para-hydroxylation sites is 1. The summed E-state index contributed by atoms with van der Waals surface area (Å²) in [7, 11) is 0. The SMILES string of the molecule is CCCCC1(CC)CSc2ccc(Br)cc2N(c2ccccc2)C1=O. The van der Waals surface area contributed by atoms with Crippen LogP contribution in [0.1, 0.15) is 39.5 Å². The number of fused-ring (bicyclic) bond motifs is 1. The highest BCUT2D eigenvalue weighted by molar-refractivity contribution is 9.10. The first-order valence-electron chi connectivity index (χ1n) is 8.93. The molecule has 2 nitrogen and oxygen atoms in total. The second-order valence-electron chi connectivity index (χ2n) is 6.61. The summed E-state index contributed by atoms with van der Waals surface area (Å²) in [6.07, 6.45) is 4.02. The maximum absolute atomic E-state index is 13.8. The molecule has 0 spiro atoms. The number of amides is 1. The molecule has 4 heteroatoms. The number of benzene rings is 2. The molecule has 1 amide bonds. The zero-order valence-corrected chi connectivity index (χ0v) is 17.2. The molecule has 1 aliphatic rings. The number of hydrogen-bond acceptors (Lipinski definition) is 2. The Morgan fingerprint density at radius 1 is 1.16 bits per heavy atom. The van der Waals surface area contributed by atoms with Crippen LogP contribution in [-0.2, 0) is 4.79 Å². The van der Waals surface area contributed by atoms with Crippen LogP contribution in [0.15, 0.2) is 57.9 Å². The number of hydrogen-bond donors (Lipinski definition) is 0. The van der Waals surface area contributed by atoms with Gasteiger partial charge in [-0.3, -0.25) is 9.69 Å². The molecule has 0 bridgehead atoms. The van der Waals surface area contributed by atoms with Crippen molar-refractivity contribution in [3.05, 3.63) is 53.0 Å². The van der Waals surface area contributed by atoms with Gasteiger partial charge in [-0.2, -0.15) is 0 Å². The van der Waals surface area contributed by atoms with Crippen LogP contribution in [-0.4, -0.2) is 11.7 Å². The van der Waals surface area contributed by atoms with Crippen LogP contribution in [0.4, 0.5) is 11.4 Å². The van der Waals surface area contributed by atoms with Crippen molar-refractivity contribution in [2.45, 2.75) is 44.4 Å². The molecule has 0 fully saturated rings. The lowest BCUT2D eigenvalue weighted by Crippen LogP contribution is -2.42. The predicted octanol–water partition coefficient (Wildman–Crippen LogP) is 6.81. The van der Waals surface area contributed by atoms with E-state index in [2.05, 4.69) is 48.0 Å². The number of carbonyl (C=O) groups is 1. The Bertz CT molecular complexity index is 749. The smallest absolute Gasteiger partial charge is 0.238 e. The second-order valence-corrected chi connectivity index (χ2v) is 8.55. The van der Waals surface area contributed by atoms with Crippen LogP contribution in [0.2, 0.25) is 0 Å². The molecule has 0 aromatic heterocycles. The number of carbonyl (C=O) groups excluding carboxylic acids is 1. The zero-order valence-electron chi connectivity index (χ0n) is 14.8. The van der Waals surface area contributed by atoms with E-state index in [-0.39, 0.29) is 11.3 Å². The standard InChI is InChI=1S/C21H24BrNOS/c1-3-5-13-21(4-2)15-25-19-12-11-16(22)14-18(19)23(20(21)24)17-9-7-6-8-10-17/h6-12,14H,3-5,13,15H2,1-2H3. The van der Waals surface area contributed by atoms with Gasteiger partial charge in [-0.15, -0.1) is 11.8 Å². The fraction of sp³-hybridized carbons (Fsp3) is 0.381. The minimum Gasteiger partial charge on any atom is -0.279 e. The van der Waals surface area contributed by atoms with E-state index in [1.54, 1.807) is 0 Å². The van der Waals surface area contributed by atoms with Crippen LogP contribution in [0, 0.1) is 5.41 Å². The Kier molecular flexibility index (Phi) is 5.90. The molecular formula is C21H24BrNOS. The Morgan fingerprint density at radius 3 is 2.60 bits per heavy atom. The van der Waals surface area contributed by atoms with E-state index in [0.29, 0.717) is 0 Å². The summed E-state index contributed by atoms with van der Waals surface area (Å²) in [5.41, 5.74) is 1.63. The summed E-state index contributed by atoms with van der Waals surface area (Å²) in [6, 6.07) is 16.3. The fourth-order valence-electron chi connectivity index (χ4n) is 3.37. The van der Waals surface area contributed by atoms with E-state index < -0.39 is 0 Å². The molecule has 1 aliphatic heterocycles. The number of halogens is 1. The normalized spacial score (nSPS) is 20.3. The molecule has 0 saturated heterocycles. The number of rotatable bonds is 5. The highest BCUT2D eigenvalue weighted by Crippen LogP contribution is 2.47. The lowest BCUT2D eigenvalue weighted by atomic mass is 9.80. The molecule has 0 N–H and O–H groups in total. The zero-order chi connectivity index (χ0) is 17.9. The van der Waals surface area contributed by atoms with Crippen molar-refractivity contribution in [1.29, 1.82) is 0 Å². The van der Waals surface area contributed by atoms with E-state index in [1.807, 2.05) is 47.0 Å². The van der Waals surface area contributed by atoms with Gasteiger partial charge in [0, 0.05) is 20.8 Å². The van der Waals surface area contributed by atoms with Gasteiger partial charge in [0.15, 0.2) is 0 Å². The molecule has 3 rings (SSSR count). The van der Waals surface area contributed by atoms with E-state index in [1.165, 1.54) is 4.90 Å². The van der Waals surface area contributed by atoms with Gasteiger partial charge in [-0.05, 0) is 43.2 Å². The number of nitrogens with zero attached hydrogens (tertiary/aromatic N) is 1. The average molecular weight is 418 g/mol. The quantitative estimate of drug-likeness (QED) is 0.532. The van der Waals surface area contributed by atoms with Crippen molar-refractivity contribution < 1.29 is 4.79 Å². The van der Waals surface area contributed by atoms with Crippen LogP contribution in [0.5, 0.6) is 0 Å². The maximum atomic E-state index is 13.8. The van der Waals surface area contributed by atoms with Gasteiger partial charge < -0.3 is 0 Å². The van der Waals surface area contributed by atoms with Crippen LogP contribution >= 0.6 is 27.7 Å². The van der Waals surface area contributed by atoms with Gasteiger partial charge in [0.2, 0.25) is 5.91 Å². The number of thioether (sulfide) groups is 1. The van der Waals surface area contributed by atoms with Crippen LogP contribution < -0.4 is 4.90 Å². The summed E-state index contributed by atoms with van der Waals surface area (Å²) in [5.74, 6) is 1.08. The average Bonchev–Trinajstić information content (AvgIpc) is 2.75. The van der Waals surface area contributed by atoms with Gasteiger partial charge in [0.05, 0.1) is 11.1 Å². The third-order valence-corrected chi connectivity index (χ3v) is 6.87. The Hall–Kier alpha value is -1.26. The molecule has 0 radical (unpaired) electrons. The van der Waals surface area contributed by atoms with Crippen molar-refractivity contribution in [3.63, 3.8) is 0 Å². The molecular weight excluding hydrogens is 394 g/mol. The third-order valence-electron chi connectivity index (χ3n) is 5.02. The molecule has 25 heavy (non-hydrogen) atoms. The molecule has 0 aliphatic carbocycles. The van der Waals surface area contributed by atoms with Crippen molar-refractivity contribution >= 4 is 45.0 Å². The third kappa shape index (κ3) is 3.65.